The van der Waals surface area contributed by atoms with Crippen LogP contribution in [0.25, 0.3) is 0 Å². The van der Waals surface area contributed by atoms with Crippen molar-refractivity contribution >= 4 is 29.0 Å². The number of hydrogen-bond donors (Lipinski definition) is 2. The highest BCUT2D eigenvalue weighted by Crippen LogP contribution is 2.35. The van der Waals surface area contributed by atoms with Crippen molar-refractivity contribution < 1.29 is 4.74 Å². The SMILES string of the molecule is N=C(N)c1ccccc1Oc1cccc(Cl)c1Cl. The van der Waals surface area contributed by atoms with Gasteiger partial charge in [0.05, 0.1) is 10.6 Å². The quantitative estimate of drug-likeness (QED) is 0.658. The molecule has 0 fully saturated rings. The van der Waals surface area contributed by atoms with Crippen molar-refractivity contribution in [3.63, 3.8) is 0 Å². The lowest BCUT2D eigenvalue weighted by molar-refractivity contribution is 0.482. The lowest BCUT2D eigenvalue weighted by Gasteiger charge is -2.11. The van der Waals surface area contributed by atoms with Gasteiger partial charge in [0.1, 0.15) is 22.4 Å². The van der Waals surface area contributed by atoms with Crippen molar-refractivity contribution in [2.24, 2.45) is 5.73 Å². The Bertz CT molecular complexity index is 599. The molecule has 5 heteroatoms. The highest BCUT2D eigenvalue weighted by Gasteiger charge is 2.10. The minimum absolute atomic E-state index is 0.0660. The first-order valence-electron chi connectivity index (χ1n) is 5.15. The molecular weight excluding hydrogens is 271 g/mol. The van der Waals surface area contributed by atoms with Gasteiger partial charge in [0.15, 0.2) is 0 Å². The van der Waals surface area contributed by atoms with Crippen LogP contribution in [-0.4, -0.2) is 5.84 Å². The van der Waals surface area contributed by atoms with Gasteiger partial charge >= 0.3 is 0 Å². The monoisotopic (exact) mass is 280 g/mol. The average molecular weight is 281 g/mol. The predicted molar refractivity (Wildman–Crippen MR) is 74.0 cm³/mol. The molecular formula is C13H10Cl2N2O. The van der Waals surface area contributed by atoms with E-state index < -0.39 is 0 Å². The van der Waals surface area contributed by atoms with Crippen LogP contribution >= 0.6 is 23.2 Å². The predicted octanol–water partition coefficient (Wildman–Crippen LogP) is 4.07. The van der Waals surface area contributed by atoms with E-state index in [1.807, 2.05) is 0 Å². The Morgan fingerprint density at radius 2 is 1.67 bits per heavy atom. The molecule has 0 aliphatic rings. The maximum Gasteiger partial charge on any atom is 0.147 e. The van der Waals surface area contributed by atoms with Crippen molar-refractivity contribution in [1.82, 2.24) is 0 Å². The second-order valence-corrected chi connectivity index (χ2v) is 4.35. The zero-order valence-corrected chi connectivity index (χ0v) is 10.8. The molecule has 0 atom stereocenters. The van der Waals surface area contributed by atoms with Gasteiger partial charge in [0.25, 0.3) is 0 Å². The van der Waals surface area contributed by atoms with Gasteiger partial charge in [0, 0.05) is 0 Å². The van der Waals surface area contributed by atoms with Crippen LogP contribution in [0.4, 0.5) is 0 Å². The van der Waals surface area contributed by atoms with Gasteiger partial charge in [-0.25, -0.2) is 0 Å². The maximum absolute atomic E-state index is 7.48. The Morgan fingerprint density at radius 3 is 2.39 bits per heavy atom. The van der Waals surface area contributed by atoms with E-state index in [1.165, 1.54) is 0 Å². The van der Waals surface area contributed by atoms with Crippen molar-refractivity contribution in [2.75, 3.05) is 0 Å². The highest BCUT2D eigenvalue weighted by atomic mass is 35.5. The fraction of sp³-hybridized carbons (Fsp3) is 0. The van der Waals surface area contributed by atoms with Gasteiger partial charge in [0.2, 0.25) is 0 Å². The van der Waals surface area contributed by atoms with Crippen LogP contribution in [0.15, 0.2) is 42.5 Å². The third kappa shape index (κ3) is 2.58. The molecule has 3 N–H and O–H groups in total. The lowest BCUT2D eigenvalue weighted by atomic mass is 10.2. The zero-order valence-electron chi connectivity index (χ0n) is 9.28. The Kier molecular flexibility index (Phi) is 3.75. The van der Waals surface area contributed by atoms with Gasteiger partial charge in [-0.1, -0.05) is 41.4 Å². The summed E-state index contributed by atoms with van der Waals surface area (Å²) in [6.45, 7) is 0. The first-order valence-corrected chi connectivity index (χ1v) is 5.90. The van der Waals surface area contributed by atoms with Crippen LogP contribution in [-0.2, 0) is 0 Å². The third-order valence-corrected chi connectivity index (χ3v) is 3.11. The van der Waals surface area contributed by atoms with Crippen molar-refractivity contribution in [3.8, 4) is 11.5 Å². The normalized spacial score (nSPS) is 10.1. The molecule has 0 aliphatic heterocycles. The summed E-state index contributed by atoms with van der Waals surface area (Å²) in [5, 5.41) is 8.22. The van der Waals surface area contributed by atoms with Gasteiger partial charge in [-0.05, 0) is 24.3 Å². The second-order valence-electron chi connectivity index (χ2n) is 3.56. The number of para-hydroxylation sites is 1. The topological polar surface area (TPSA) is 59.1 Å². The minimum Gasteiger partial charge on any atom is -0.455 e. The number of halogens is 2. The minimum atomic E-state index is -0.0660. The summed E-state index contributed by atoms with van der Waals surface area (Å²) < 4.78 is 5.65. The molecule has 0 aliphatic carbocycles. The highest BCUT2D eigenvalue weighted by molar-refractivity contribution is 6.42. The molecule has 0 amide bonds. The fourth-order valence-electron chi connectivity index (χ4n) is 1.46. The molecule has 0 saturated carbocycles. The van der Waals surface area contributed by atoms with E-state index in [9.17, 15) is 0 Å². The number of amidine groups is 1. The summed E-state index contributed by atoms with van der Waals surface area (Å²) in [5.74, 6) is 0.829. The third-order valence-electron chi connectivity index (χ3n) is 2.31. The number of nitrogens with two attached hydrogens (primary N) is 1. The van der Waals surface area contributed by atoms with Crippen LogP contribution in [0.1, 0.15) is 5.56 Å². The molecule has 0 spiro atoms. The van der Waals surface area contributed by atoms with E-state index in [0.29, 0.717) is 27.1 Å². The number of hydrogen-bond acceptors (Lipinski definition) is 2. The average Bonchev–Trinajstić information content (AvgIpc) is 2.35. The van der Waals surface area contributed by atoms with E-state index in [2.05, 4.69) is 0 Å². The molecule has 0 unspecified atom stereocenters. The largest absolute Gasteiger partial charge is 0.455 e. The van der Waals surface area contributed by atoms with Crippen LogP contribution in [0.3, 0.4) is 0 Å². The Balaban J connectivity index is 2.40. The van der Waals surface area contributed by atoms with Gasteiger partial charge in [-0.3, -0.25) is 5.41 Å². The Morgan fingerprint density at radius 1 is 1.00 bits per heavy atom. The molecule has 2 rings (SSSR count). The lowest BCUT2D eigenvalue weighted by Crippen LogP contribution is -2.12. The van der Waals surface area contributed by atoms with Crippen LogP contribution in [0.5, 0.6) is 11.5 Å². The number of rotatable bonds is 3. The number of nitrogen functional groups attached to an aromatic ring is 1. The number of benzene rings is 2. The van der Waals surface area contributed by atoms with Crippen molar-refractivity contribution in [2.45, 2.75) is 0 Å². The molecule has 0 heterocycles. The first-order chi connectivity index (χ1) is 8.59. The summed E-state index contributed by atoms with van der Waals surface area (Å²) >= 11 is 11.9. The van der Waals surface area contributed by atoms with E-state index >= 15 is 0 Å². The van der Waals surface area contributed by atoms with Gasteiger partial charge in [-0.15, -0.1) is 0 Å². The maximum atomic E-state index is 7.48. The summed E-state index contributed by atoms with van der Waals surface area (Å²) in [6, 6.07) is 12.1. The summed E-state index contributed by atoms with van der Waals surface area (Å²) in [7, 11) is 0. The molecule has 0 radical (unpaired) electrons. The number of ether oxygens (including phenoxy) is 1. The van der Waals surface area contributed by atoms with Crippen molar-refractivity contribution in [3.05, 3.63) is 58.1 Å². The van der Waals surface area contributed by atoms with E-state index in [-0.39, 0.29) is 5.84 Å². The van der Waals surface area contributed by atoms with Crippen LogP contribution in [0, 0.1) is 5.41 Å². The zero-order chi connectivity index (χ0) is 13.1. The smallest absolute Gasteiger partial charge is 0.147 e. The molecule has 92 valence electrons. The molecule has 0 saturated heterocycles. The summed E-state index contributed by atoms with van der Waals surface area (Å²) in [6.07, 6.45) is 0. The molecule has 2 aromatic carbocycles. The van der Waals surface area contributed by atoms with Crippen molar-refractivity contribution in [1.29, 1.82) is 5.41 Å². The molecule has 0 aromatic heterocycles. The van der Waals surface area contributed by atoms with Crippen LogP contribution in [0.2, 0.25) is 10.0 Å². The first kappa shape index (κ1) is 12.7. The molecule has 2 aromatic rings. The van der Waals surface area contributed by atoms with E-state index in [1.54, 1.807) is 42.5 Å². The standard InChI is InChI=1S/C13H10Cl2N2O/c14-9-5-3-7-11(12(9)15)18-10-6-2-1-4-8(10)13(16)17/h1-7H,(H3,16,17). The Hall–Kier alpha value is -1.71. The second kappa shape index (κ2) is 5.29. The van der Waals surface area contributed by atoms with E-state index in [4.69, 9.17) is 39.1 Å². The summed E-state index contributed by atoms with van der Waals surface area (Å²) in [5.41, 5.74) is 5.99. The van der Waals surface area contributed by atoms with Gasteiger partial charge in [-0.2, -0.15) is 0 Å². The van der Waals surface area contributed by atoms with Crippen LogP contribution < -0.4 is 10.5 Å². The Labute approximate surface area is 115 Å². The number of nitrogens with one attached hydrogen (secondary N) is 1. The molecule has 18 heavy (non-hydrogen) atoms. The van der Waals surface area contributed by atoms with E-state index in [0.717, 1.165) is 0 Å². The molecule has 0 bridgehead atoms. The van der Waals surface area contributed by atoms with Gasteiger partial charge < -0.3 is 10.5 Å². The fourth-order valence-corrected chi connectivity index (χ4v) is 1.79. The molecule has 3 nitrogen and oxygen atoms in total. The summed E-state index contributed by atoms with van der Waals surface area (Å²) in [4.78, 5) is 0.